The Hall–Kier alpha value is -1.01. The molecule has 1 rings (SSSR count). The molecule has 0 aliphatic rings. The second kappa shape index (κ2) is 5.75. The first-order valence-corrected chi connectivity index (χ1v) is 6.40. The van der Waals surface area contributed by atoms with Gasteiger partial charge in [-0.1, -0.05) is 4.40 Å². The summed E-state index contributed by atoms with van der Waals surface area (Å²) in [7, 11) is 0. The van der Waals surface area contributed by atoms with Gasteiger partial charge in [0, 0.05) is 12.5 Å². The van der Waals surface area contributed by atoms with Crippen molar-refractivity contribution in [3.05, 3.63) is 35.1 Å². The normalized spacial score (nSPS) is 14.2. The number of nitrogens with zero attached hydrogens (tertiary/aromatic N) is 1. The van der Waals surface area contributed by atoms with E-state index in [1.165, 1.54) is 6.21 Å². The van der Waals surface area contributed by atoms with Gasteiger partial charge in [0.05, 0.1) is 6.21 Å². The first kappa shape index (κ1) is 15.0. The molecule has 1 aromatic rings. The van der Waals surface area contributed by atoms with Crippen molar-refractivity contribution < 1.29 is 17.7 Å². The summed E-state index contributed by atoms with van der Waals surface area (Å²) in [6, 6.07) is 1.26. The van der Waals surface area contributed by atoms with Gasteiger partial charge >= 0.3 is 0 Å². The van der Waals surface area contributed by atoms with Gasteiger partial charge in [-0.3, -0.25) is 0 Å². The van der Waals surface area contributed by atoms with Crippen LogP contribution in [0.25, 0.3) is 0 Å². The molecule has 1 unspecified atom stereocenters. The topological polar surface area (TPSA) is 35.4 Å². The minimum atomic E-state index is -1.45. The Kier molecular flexibility index (Phi) is 4.81. The van der Waals surface area contributed by atoms with Crippen molar-refractivity contribution in [3.8, 4) is 0 Å². The Morgan fingerprint density at radius 1 is 1.17 bits per heavy atom. The molecule has 0 aliphatic heterocycles. The summed E-state index contributed by atoms with van der Waals surface area (Å²) >= 11 is -1.45. The lowest BCUT2D eigenvalue weighted by Crippen LogP contribution is -2.25. The fraction of sp³-hybridized carbons (Fsp3) is 0.417. The van der Waals surface area contributed by atoms with Gasteiger partial charge in [0.15, 0.2) is 11.6 Å². The lowest BCUT2D eigenvalue weighted by Gasteiger charge is -2.17. The van der Waals surface area contributed by atoms with Crippen LogP contribution in [0.15, 0.2) is 16.5 Å². The molecule has 0 aromatic heterocycles. The first-order valence-electron chi connectivity index (χ1n) is 5.30. The number of hydrogen-bond acceptors (Lipinski definition) is 2. The third-order valence-corrected chi connectivity index (χ3v) is 3.48. The summed E-state index contributed by atoms with van der Waals surface area (Å²) in [5, 5.41) is 0. The maximum Gasteiger partial charge on any atom is 0.161 e. The zero-order valence-corrected chi connectivity index (χ0v) is 11.2. The van der Waals surface area contributed by atoms with Gasteiger partial charge < -0.3 is 4.55 Å². The average Bonchev–Trinajstić information content (AvgIpc) is 2.23. The number of halogens is 3. The minimum absolute atomic E-state index is 0.0245. The van der Waals surface area contributed by atoms with E-state index in [4.69, 9.17) is 0 Å². The molecule has 1 aromatic carbocycles. The monoisotopic (exact) mass is 277 g/mol. The molecule has 0 saturated carbocycles. The van der Waals surface area contributed by atoms with Crippen molar-refractivity contribution in [2.75, 3.05) is 0 Å². The number of rotatable bonds is 3. The van der Waals surface area contributed by atoms with Crippen LogP contribution in [0.2, 0.25) is 0 Å². The van der Waals surface area contributed by atoms with Crippen LogP contribution in [0.4, 0.5) is 13.2 Å². The highest BCUT2D eigenvalue weighted by atomic mass is 32.2. The van der Waals surface area contributed by atoms with Crippen LogP contribution in [0, 0.1) is 17.5 Å². The van der Waals surface area contributed by atoms with Crippen molar-refractivity contribution in [1.82, 2.24) is 0 Å². The van der Waals surface area contributed by atoms with Gasteiger partial charge in [0.2, 0.25) is 0 Å². The smallest absolute Gasteiger partial charge is 0.161 e. The molecule has 0 N–H and O–H groups in total. The predicted octanol–water partition coefficient (Wildman–Crippen LogP) is 3.18. The number of hydrogen-bond donors (Lipinski definition) is 0. The van der Waals surface area contributed by atoms with Crippen LogP contribution in [-0.2, 0) is 17.8 Å². The van der Waals surface area contributed by atoms with E-state index in [9.17, 15) is 17.7 Å². The van der Waals surface area contributed by atoms with E-state index in [1.54, 1.807) is 20.8 Å². The first-order chi connectivity index (χ1) is 8.21. The molecule has 18 heavy (non-hydrogen) atoms. The Labute approximate surface area is 107 Å². The summed E-state index contributed by atoms with van der Waals surface area (Å²) < 4.78 is 53.6. The van der Waals surface area contributed by atoms with Gasteiger partial charge in [-0.25, -0.2) is 13.2 Å². The molecule has 0 spiro atoms. The highest BCUT2D eigenvalue weighted by molar-refractivity contribution is 7.91. The van der Waals surface area contributed by atoms with Gasteiger partial charge in [-0.15, -0.1) is 0 Å². The van der Waals surface area contributed by atoms with Crippen molar-refractivity contribution in [2.45, 2.75) is 31.9 Å². The molecular weight excluding hydrogens is 263 g/mol. The second-order valence-corrected chi connectivity index (χ2v) is 6.65. The highest BCUT2D eigenvalue weighted by Crippen LogP contribution is 2.17. The van der Waals surface area contributed by atoms with Crippen molar-refractivity contribution in [3.63, 3.8) is 0 Å². The summed E-state index contributed by atoms with van der Waals surface area (Å²) in [6.07, 6.45) is 1.21. The molecule has 0 aliphatic carbocycles. The summed E-state index contributed by atoms with van der Waals surface area (Å²) in [5.41, 5.74) is -0.0245. The van der Waals surface area contributed by atoms with E-state index in [0.717, 1.165) is 6.07 Å². The third-order valence-electron chi connectivity index (χ3n) is 2.09. The molecule has 1 atom stereocenters. The number of benzene rings is 1. The Balaban J connectivity index is 2.75. The largest absolute Gasteiger partial charge is 0.591 e. The van der Waals surface area contributed by atoms with E-state index in [1.807, 2.05) is 0 Å². The van der Waals surface area contributed by atoms with Crippen LogP contribution in [0.3, 0.4) is 0 Å². The lowest BCUT2D eigenvalue weighted by molar-refractivity contribution is 0.491. The van der Waals surface area contributed by atoms with Crippen LogP contribution in [0.1, 0.15) is 26.3 Å². The molecular formula is C12H14F3NOS. The van der Waals surface area contributed by atoms with E-state index in [2.05, 4.69) is 4.40 Å². The van der Waals surface area contributed by atoms with E-state index < -0.39 is 33.6 Å². The molecule has 0 saturated heterocycles. The van der Waals surface area contributed by atoms with Crippen LogP contribution < -0.4 is 0 Å². The molecule has 0 fully saturated rings. The lowest BCUT2D eigenvalue weighted by atomic mass is 10.1. The van der Waals surface area contributed by atoms with Gasteiger partial charge in [-0.05, 0) is 32.4 Å². The van der Waals surface area contributed by atoms with Crippen LogP contribution >= 0.6 is 0 Å². The quantitative estimate of drug-likeness (QED) is 0.475. The fourth-order valence-corrected chi connectivity index (χ4v) is 1.61. The maximum atomic E-state index is 13.2. The van der Waals surface area contributed by atoms with E-state index in [0.29, 0.717) is 6.07 Å². The zero-order chi connectivity index (χ0) is 13.9. The van der Waals surface area contributed by atoms with Gasteiger partial charge in [-0.2, -0.15) is 0 Å². The summed E-state index contributed by atoms with van der Waals surface area (Å²) in [5.74, 6) is -3.19. The standard InChI is InChI=1S/C12H14F3NOS/c1-12(2,3)18(17)16-5-4-8-6-10(14)11(15)7-9(8)13/h5-7H,4H2,1-3H3/b16-5-. The molecule has 100 valence electrons. The van der Waals surface area contributed by atoms with Crippen molar-refractivity contribution in [1.29, 1.82) is 0 Å². The van der Waals surface area contributed by atoms with E-state index >= 15 is 0 Å². The highest BCUT2D eigenvalue weighted by Gasteiger charge is 2.25. The predicted molar refractivity (Wildman–Crippen MR) is 66.4 cm³/mol. The molecule has 2 nitrogen and oxygen atoms in total. The minimum Gasteiger partial charge on any atom is -0.591 e. The maximum absolute atomic E-state index is 13.2. The molecule has 0 amide bonds. The molecule has 0 bridgehead atoms. The van der Waals surface area contributed by atoms with E-state index in [-0.39, 0.29) is 12.0 Å². The molecule has 0 heterocycles. The van der Waals surface area contributed by atoms with Crippen LogP contribution in [-0.4, -0.2) is 15.5 Å². The summed E-state index contributed by atoms with van der Waals surface area (Å²) in [6.45, 7) is 5.25. The van der Waals surface area contributed by atoms with Gasteiger partial charge in [0.25, 0.3) is 0 Å². The summed E-state index contributed by atoms with van der Waals surface area (Å²) in [4.78, 5) is 0. The molecule has 0 radical (unpaired) electrons. The average molecular weight is 277 g/mol. The Morgan fingerprint density at radius 2 is 1.72 bits per heavy atom. The zero-order valence-electron chi connectivity index (χ0n) is 10.3. The SMILES string of the molecule is CC(C)(C)[S+]([O-])/N=C\Cc1cc(F)c(F)cc1F. The van der Waals surface area contributed by atoms with Crippen LogP contribution in [0.5, 0.6) is 0 Å². The Morgan fingerprint density at radius 3 is 2.28 bits per heavy atom. The third kappa shape index (κ3) is 4.03. The van der Waals surface area contributed by atoms with Crippen molar-refractivity contribution >= 4 is 17.6 Å². The fourth-order valence-electron chi connectivity index (χ4n) is 1.08. The molecule has 6 heteroatoms. The van der Waals surface area contributed by atoms with Crippen molar-refractivity contribution in [2.24, 2.45) is 4.40 Å². The Bertz CT molecular complexity index is 457. The van der Waals surface area contributed by atoms with Gasteiger partial charge in [0.1, 0.15) is 21.9 Å². The second-order valence-electron chi connectivity index (χ2n) is 4.71.